The predicted octanol–water partition coefficient (Wildman–Crippen LogP) is 0.856. The van der Waals surface area contributed by atoms with E-state index in [9.17, 15) is 0 Å². The molecule has 3 rings (SSSR count). The molecule has 2 aromatic rings. The monoisotopic (exact) mass is 259 g/mol. The first-order valence-electron chi connectivity index (χ1n) is 6.83. The molecule has 2 heterocycles. The van der Waals surface area contributed by atoms with E-state index in [1.165, 1.54) is 5.56 Å². The Balaban J connectivity index is 1.70. The third-order valence-electron chi connectivity index (χ3n) is 3.87. The molecule has 0 bridgehead atoms. The predicted molar refractivity (Wildman–Crippen MR) is 76.9 cm³/mol. The number of piperazine rings is 1. The zero-order valence-electron chi connectivity index (χ0n) is 11.3. The van der Waals surface area contributed by atoms with Gasteiger partial charge in [-0.3, -0.25) is 0 Å². The Morgan fingerprint density at radius 2 is 2.42 bits per heavy atom. The van der Waals surface area contributed by atoms with Crippen molar-refractivity contribution in [2.75, 3.05) is 26.7 Å². The lowest BCUT2D eigenvalue weighted by molar-refractivity contribution is 0.226. The van der Waals surface area contributed by atoms with Crippen LogP contribution in [-0.4, -0.2) is 47.6 Å². The van der Waals surface area contributed by atoms with E-state index in [0.717, 1.165) is 37.1 Å². The Morgan fingerprint density at radius 1 is 1.53 bits per heavy atom. The van der Waals surface area contributed by atoms with Crippen LogP contribution in [0.25, 0.3) is 11.0 Å². The number of benzene rings is 1. The van der Waals surface area contributed by atoms with Crippen molar-refractivity contribution in [1.82, 2.24) is 20.2 Å². The van der Waals surface area contributed by atoms with Gasteiger partial charge >= 0.3 is 0 Å². The first-order valence-corrected chi connectivity index (χ1v) is 6.83. The molecule has 0 amide bonds. The minimum absolute atomic E-state index is 0.0664. The molecule has 4 N–H and O–H groups in total. The average Bonchev–Trinajstić information content (AvgIpc) is 2.85. The van der Waals surface area contributed by atoms with Gasteiger partial charge in [-0.05, 0) is 31.2 Å². The highest BCUT2D eigenvalue weighted by Gasteiger charge is 2.20. The summed E-state index contributed by atoms with van der Waals surface area (Å²) in [5.41, 5.74) is 9.56. The first-order chi connectivity index (χ1) is 9.22. The lowest BCUT2D eigenvalue weighted by Crippen LogP contribution is -2.49. The van der Waals surface area contributed by atoms with Crippen LogP contribution in [0.4, 0.5) is 0 Å². The molecule has 1 aromatic carbocycles. The molecule has 2 atom stereocenters. The summed E-state index contributed by atoms with van der Waals surface area (Å²) in [6, 6.07) is 6.77. The summed E-state index contributed by atoms with van der Waals surface area (Å²) in [5.74, 6) is 0. The van der Waals surface area contributed by atoms with Crippen LogP contribution in [0.2, 0.25) is 0 Å². The molecule has 1 saturated heterocycles. The van der Waals surface area contributed by atoms with Crippen molar-refractivity contribution in [1.29, 1.82) is 0 Å². The number of hydrogen-bond donors (Lipinski definition) is 3. The fourth-order valence-electron chi connectivity index (χ4n) is 2.78. The number of H-pyrrole nitrogens is 1. The molecule has 1 aliphatic heterocycles. The van der Waals surface area contributed by atoms with E-state index in [1.807, 2.05) is 6.07 Å². The number of hydrogen-bond acceptors (Lipinski definition) is 4. The van der Waals surface area contributed by atoms with Crippen LogP contribution in [0.1, 0.15) is 18.0 Å². The molecule has 0 aliphatic carbocycles. The van der Waals surface area contributed by atoms with Gasteiger partial charge in [0.05, 0.1) is 17.4 Å². The Morgan fingerprint density at radius 3 is 3.26 bits per heavy atom. The number of aromatic amines is 1. The number of likely N-dealkylation sites (N-methyl/N-ethyl adjacent to an activating group) is 1. The minimum atomic E-state index is 0.0664. The molecule has 19 heavy (non-hydrogen) atoms. The van der Waals surface area contributed by atoms with Crippen molar-refractivity contribution in [2.45, 2.75) is 18.5 Å². The molecule has 5 nitrogen and oxygen atoms in total. The average molecular weight is 259 g/mol. The molecule has 1 aromatic heterocycles. The van der Waals surface area contributed by atoms with E-state index in [-0.39, 0.29) is 6.04 Å². The number of imidazole rings is 1. The Hall–Kier alpha value is -1.43. The van der Waals surface area contributed by atoms with Crippen molar-refractivity contribution in [2.24, 2.45) is 5.73 Å². The molecule has 0 radical (unpaired) electrons. The maximum absolute atomic E-state index is 6.34. The zero-order valence-corrected chi connectivity index (χ0v) is 11.3. The highest BCUT2D eigenvalue weighted by atomic mass is 15.2. The number of rotatable bonds is 3. The van der Waals surface area contributed by atoms with E-state index >= 15 is 0 Å². The smallest absolute Gasteiger partial charge is 0.0931 e. The van der Waals surface area contributed by atoms with Crippen molar-refractivity contribution >= 4 is 11.0 Å². The van der Waals surface area contributed by atoms with Crippen LogP contribution >= 0.6 is 0 Å². The second-order valence-electron chi connectivity index (χ2n) is 5.43. The fourth-order valence-corrected chi connectivity index (χ4v) is 2.78. The standard InChI is InChI=1S/C14H21N5/c1-19-5-4-16-11(8-19)7-12(15)10-2-3-13-14(6-10)18-9-17-13/h2-3,6,9,11-12,16H,4-5,7-8,15H2,1H3,(H,17,18). The lowest BCUT2D eigenvalue weighted by Gasteiger charge is -2.32. The van der Waals surface area contributed by atoms with Crippen LogP contribution in [0.5, 0.6) is 0 Å². The lowest BCUT2D eigenvalue weighted by atomic mass is 9.98. The van der Waals surface area contributed by atoms with Crippen LogP contribution in [0.3, 0.4) is 0 Å². The van der Waals surface area contributed by atoms with Gasteiger partial charge in [0, 0.05) is 31.7 Å². The minimum Gasteiger partial charge on any atom is -0.345 e. The molecule has 0 saturated carbocycles. The Labute approximate surface area is 113 Å². The second-order valence-corrected chi connectivity index (χ2v) is 5.43. The SMILES string of the molecule is CN1CCNC(CC(N)c2ccc3nc[nH]c3c2)C1. The van der Waals surface area contributed by atoms with Crippen molar-refractivity contribution in [3.63, 3.8) is 0 Å². The van der Waals surface area contributed by atoms with Crippen molar-refractivity contribution in [3.05, 3.63) is 30.1 Å². The Kier molecular flexibility index (Phi) is 3.50. The molecular formula is C14H21N5. The van der Waals surface area contributed by atoms with Gasteiger partial charge in [-0.2, -0.15) is 0 Å². The highest BCUT2D eigenvalue weighted by molar-refractivity contribution is 5.75. The first kappa shape index (κ1) is 12.6. The van der Waals surface area contributed by atoms with Crippen molar-refractivity contribution < 1.29 is 0 Å². The topological polar surface area (TPSA) is 70.0 Å². The van der Waals surface area contributed by atoms with E-state index in [4.69, 9.17) is 5.73 Å². The number of nitrogens with one attached hydrogen (secondary N) is 2. The summed E-state index contributed by atoms with van der Waals surface area (Å²) in [6.45, 7) is 3.24. The highest BCUT2D eigenvalue weighted by Crippen LogP contribution is 2.20. The molecule has 2 unspecified atom stereocenters. The van der Waals surface area contributed by atoms with Crippen molar-refractivity contribution in [3.8, 4) is 0 Å². The third kappa shape index (κ3) is 2.78. The van der Waals surface area contributed by atoms with Gasteiger partial charge in [0.15, 0.2) is 0 Å². The van der Waals surface area contributed by atoms with E-state index in [2.05, 4.69) is 39.4 Å². The molecule has 0 spiro atoms. The second kappa shape index (κ2) is 5.28. The third-order valence-corrected chi connectivity index (χ3v) is 3.87. The van der Waals surface area contributed by atoms with Gasteiger partial charge in [0.1, 0.15) is 0 Å². The quantitative estimate of drug-likeness (QED) is 0.764. The number of nitrogens with zero attached hydrogens (tertiary/aromatic N) is 2. The van der Waals surface area contributed by atoms with Crippen LogP contribution in [0.15, 0.2) is 24.5 Å². The van der Waals surface area contributed by atoms with Gasteiger partial charge in [-0.1, -0.05) is 6.07 Å². The summed E-state index contributed by atoms with van der Waals surface area (Å²) in [7, 11) is 2.16. The summed E-state index contributed by atoms with van der Waals surface area (Å²) < 4.78 is 0. The molecule has 1 fully saturated rings. The normalized spacial score (nSPS) is 22.7. The maximum atomic E-state index is 6.34. The number of nitrogens with two attached hydrogens (primary N) is 1. The molecule has 1 aliphatic rings. The maximum Gasteiger partial charge on any atom is 0.0931 e. The van der Waals surface area contributed by atoms with E-state index in [1.54, 1.807) is 6.33 Å². The summed E-state index contributed by atoms with van der Waals surface area (Å²) in [4.78, 5) is 9.72. The number of aromatic nitrogens is 2. The van der Waals surface area contributed by atoms with E-state index < -0.39 is 0 Å². The molecule has 102 valence electrons. The van der Waals surface area contributed by atoms with Gasteiger partial charge in [0.25, 0.3) is 0 Å². The van der Waals surface area contributed by atoms with Gasteiger partial charge in [-0.15, -0.1) is 0 Å². The zero-order chi connectivity index (χ0) is 13.2. The van der Waals surface area contributed by atoms with E-state index in [0.29, 0.717) is 6.04 Å². The summed E-state index contributed by atoms with van der Waals surface area (Å²) >= 11 is 0. The fraction of sp³-hybridized carbons (Fsp3) is 0.500. The van der Waals surface area contributed by atoms with Gasteiger partial charge in [0.2, 0.25) is 0 Å². The van der Waals surface area contributed by atoms with Crippen LogP contribution in [0, 0.1) is 0 Å². The summed E-state index contributed by atoms with van der Waals surface area (Å²) in [5, 5.41) is 3.54. The van der Waals surface area contributed by atoms with Gasteiger partial charge in [-0.25, -0.2) is 4.98 Å². The molecule has 5 heteroatoms. The summed E-state index contributed by atoms with van der Waals surface area (Å²) in [6.07, 6.45) is 2.68. The van der Waals surface area contributed by atoms with Gasteiger partial charge < -0.3 is 20.9 Å². The van der Waals surface area contributed by atoms with Crippen LogP contribution in [-0.2, 0) is 0 Å². The Bertz CT molecular complexity index is 550. The largest absolute Gasteiger partial charge is 0.345 e. The number of fused-ring (bicyclic) bond motifs is 1. The molecular weight excluding hydrogens is 238 g/mol. The van der Waals surface area contributed by atoms with Crippen LogP contribution < -0.4 is 11.1 Å².